The number of ether oxygens (including phenoxy) is 1. The summed E-state index contributed by atoms with van der Waals surface area (Å²) in [5, 5.41) is -0.0744. The van der Waals surface area contributed by atoms with Crippen LogP contribution in [-0.4, -0.2) is 23.0 Å². The van der Waals surface area contributed by atoms with Gasteiger partial charge >= 0.3 is 5.97 Å². The monoisotopic (exact) mass is 232 g/mol. The number of halogens is 1. The number of esters is 1. The number of nitrogen functional groups attached to an aromatic ring is 2. The topological polar surface area (TPSA) is 104 Å². The molecule has 0 aliphatic carbocycles. The first-order valence-corrected chi connectivity index (χ1v) is 4.61. The van der Waals surface area contributed by atoms with Crippen molar-refractivity contribution in [2.45, 2.75) is 13.8 Å². The third-order valence-corrected chi connectivity index (χ3v) is 1.56. The molecule has 1 rings (SSSR count). The van der Waals surface area contributed by atoms with Crippen LogP contribution in [0.15, 0.2) is 0 Å². The van der Waals surface area contributed by atoms with E-state index in [1.165, 1.54) is 7.11 Å². The molecule has 0 radical (unpaired) electrons. The van der Waals surface area contributed by atoms with Crippen LogP contribution in [0.2, 0.25) is 5.15 Å². The first kappa shape index (κ1) is 13.4. The molecule has 1 heterocycles. The van der Waals surface area contributed by atoms with E-state index in [2.05, 4.69) is 14.7 Å². The van der Waals surface area contributed by atoms with Gasteiger partial charge in [-0.1, -0.05) is 25.4 Å². The largest absolute Gasteiger partial charge is 0.464 e. The summed E-state index contributed by atoms with van der Waals surface area (Å²) in [6.07, 6.45) is 0. The van der Waals surface area contributed by atoms with Crippen molar-refractivity contribution < 1.29 is 9.53 Å². The summed E-state index contributed by atoms with van der Waals surface area (Å²) in [6, 6.07) is 0. The van der Waals surface area contributed by atoms with E-state index in [-0.39, 0.29) is 22.5 Å². The molecular formula is C8H13ClN4O2. The Labute approximate surface area is 92.6 Å². The van der Waals surface area contributed by atoms with Crippen LogP contribution >= 0.6 is 11.6 Å². The van der Waals surface area contributed by atoms with E-state index in [4.69, 9.17) is 23.1 Å². The van der Waals surface area contributed by atoms with Crippen molar-refractivity contribution in [3.8, 4) is 0 Å². The highest BCUT2D eigenvalue weighted by molar-refractivity contribution is 6.31. The molecule has 0 aliphatic heterocycles. The van der Waals surface area contributed by atoms with E-state index >= 15 is 0 Å². The molecule has 15 heavy (non-hydrogen) atoms. The van der Waals surface area contributed by atoms with Crippen LogP contribution in [-0.2, 0) is 4.74 Å². The Hall–Kier alpha value is -1.56. The lowest BCUT2D eigenvalue weighted by Crippen LogP contribution is -2.11. The molecule has 0 unspecified atom stereocenters. The Kier molecular flexibility index (Phi) is 5.40. The first-order valence-electron chi connectivity index (χ1n) is 4.23. The third kappa shape index (κ3) is 3.25. The maximum absolute atomic E-state index is 11.0. The molecule has 0 amide bonds. The van der Waals surface area contributed by atoms with Gasteiger partial charge in [-0.25, -0.2) is 14.8 Å². The molecule has 6 nitrogen and oxygen atoms in total. The molecule has 7 heteroatoms. The van der Waals surface area contributed by atoms with Crippen LogP contribution in [0.1, 0.15) is 24.3 Å². The van der Waals surface area contributed by atoms with Gasteiger partial charge in [-0.05, 0) is 0 Å². The van der Waals surface area contributed by atoms with Crippen molar-refractivity contribution in [2.75, 3.05) is 18.6 Å². The minimum Gasteiger partial charge on any atom is -0.464 e. The maximum Gasteiger partial charge on any atom is 0.360 e. The van der Waals surface area contributed by atoms with E-state index < -0.39 is 5.97 Å². The van der Waals surface area contributed by atoms with Crippen LogP contribution in [0.5, 0.6) is 0 Å². The number of rotatable bonds is 1. The maximum atomic E-state index is 11.0. The molecule has 0 aromatic carbocycles. The normalized spacial score (nSPS) is 8.80. The zero-order chi connectivity index (χ0) is 12.0. The fraction of sp³-hybridized carbons (Fsp3) is 0.375. The average Bonchev–Trinajstić information content (AvgIpc) is 2.25. The highest BCUT2D eigenvalue weighted by Crippen LogP contribution is 2.17. The number of carbonyl (C=O) groups excluding carboxylic acids is 1. The lowest BCUT2D eigenvalue weighted by atomic mass is 10.4. The highest BCUT2D eigenvalue weighted by atomic mass is 35.5. The van der Waals surface area contributed by atoms with Crippen LogP contribution in [0.4, 0.5) is 11.6 Å². The van der Waals surface area contributed by atoms with Crippen LogP contribution in [0, 0.1) is 0 Å². The summed E-state index contributed by atoms with van der Waals surface area (Å²) in [5.41, 5.74) is 10.5. The van der Waals surface area contributed by atoms with Gasteiger partial charge in [0, 0.05) is 0 Å². The first-order chi connectivity index (χ1) is 7.06. The highest BCUT2D eigenvalue weighted by Gasteiger charge is 2.15. The number of nitrogens with zero attached hydrogens (tertiary/aromatic N) is 2. The van der Waals surface area contributed by atoms with Crippen molar-refractivity contribution >= 4 is 29.2 Å². The molecule has 0 saturated heterocycles. The number of methoxy groups -OCH3 is 1. The molecule has 1 aromatic rings. The smallest absolute Gasteiger partial charge is 0.360 e. The zero-order valence-electron chi connectivity index (χ0n) is 8.74. The second-order valence-corrected chi connectivity index (χ2v) is 2.48. The van der Waals surface area contributed by atoms with Crippen LogP contribution in [0.3, 0.4) is 0 Å². The molecule has 0 atom stereocenters. The lowest BCUT2D eigenvalue weighted by Gasteiger charge is -2.03. The van der Waals surface area contributed by atoms with Crippen molar-refractivity contribution in [1.29, 1.82) is 0 Å². The van der Waals surface area contributed by atoms with Crippen molar-refractivity contribution in [3.05, 3.63) is 10.8 Å². The second-order valence-electron chi connectivity index (χ2n) is 2.13. The molecule has 0 bridgehead atoms. The van der Waals surface area contributed by atoms with Crippen molar-refractivity contribution in [3.63, 3.8) is 0 Å². The predicted molar refractivity (Wildman–Crippen MR) is 58.6 cm³/mol. The number of hydrogen-bond donors (Lipinski definition) is 2. The van der Waals surface area contributed by atoms with Crippen LogP contribution < -0.4 is 11.5 Å². The van der Waals surface area contributed by atoms with E-state index in [1.807, 2.05) is 13.8 Å². The fourth-order valence-corrected chi connectivity index (χ4v) is 0.815. The predicted octanol–water partition coefficient (Wildman–Crippen LogP) is 1.11. The van der Waals surface area contributed by atoms with E-state index in [0.29, 0.717) is 0 Å². The minimum absolute atomic E-state index is 0.0215. The van der Waals surface area contributed by atoms with E-state index in [9.17, 15) is 4.79 Å². The quantitative estimate of drug-likeness (QED) is 0.703. The molecule has 1 aromatic heterocycles. The summed E-state index contributed by atoms with van der Waals surface area (Å²) in [6.45, 7) is 4.00. The van der Waals surface area contributed by atoms with Gasteiger partial charge in [-0.3, -0.25) is 0 Å². The Bertz CT molecular complexity index is 357. The van der Waals surface area contributed by atoms with Gasteiger partial charge in [0.1, 0.15) is 0 Å². The lowest BCUT2D eigenvalue weighted by molar-refractivity contribution is 0.0595. The van der Waals surface area contributed by atoms with Gasteiger partial charge < -0.3 is 16.2 Å². The SMILES string of the molecule is CC.COC(=O)c1nc(Cl)c(N)nc1N. The minimum atomic E-state index is -0.702. The number of carbonyl (C=O) groups is 1. The summed E-state index contributed by atoms with van der Waals surface area (Å²) < 4.78 is 4.39. The molecular weight excluding hydrogens is 220 g/mol. The van der Waals surface area contributed by atoms with Gasteiger partial charge in [0.15, 0.2) is 22.5 Å². The third-order valence-electron chi connectivity index (χ3n) is 1.28. The zero-order valence-corrected chi connectivity index (χ0v) is 9.50. The van der Waals surface area contributed by atoms with E-state index in [1.54, 1.807) is 0 Å². The molecule has 84 valence electrons. The molecule has 0 fully saturated rings. The van der Waals surface area contributed by atoms with Gasteiger partial charge in [0.05, 0.1) is 7.11 Å². The summed E-state index contributed by atoms with van der Waals surface area (Å²) in [4.78, 5) is 18.2. The number of nitrogens with two attached hydrogens (primary N) is 2. The van der Waals surface area contributed by atoms with E-state index in [0.717, 1.165) is 0 Å². The molecule has 4 N–H and O–H groups in total. The summed E-state index contributed by atoms with van der Waals surface area (Å²) in [5.74, 6) is -0.826. The average molecular weight is 233 g/mol. The Morgan fingerprint density at radius 2 is 1.80 bits per heavy atom. The summed E-state index contributed by atoms with van der Waals surface area (Å²) >= 11 is 5.52. The van der Waals surface area contributed by atoms with Gasteiger partial charge in [0.2, 0.25) is 0 Å². The van der Waals surface area contributed by atoms with Gasteiger partial charge in [-0.15, -0.1) is 0 Å². The second kappa shape index (κ2) is 6.02. The van der Waals surface area contributed by atoms with Gasteiger partial charge in [0.25, 0.3) is 0 Å². The molecule has 0 aliphatic rings. The molecule has 0 saturated carbocycles. The number of anilines is 2. The van der Waals surface area contributed by atoms with Crippen molar-refractivity contribution in [2.24, 2.45) is 0 Å². The number of aromatic nitrogens is 2. The Morgan fingerprint density at radius 1 is 1.27 bits per heavy atom. The number of hydrogen-bond acceptors (Lipinski definition) is 6. The van der Waals surface area contributed by atoms with Gasteiger partial charge in [-0.2, -0.15) is 0 Å². The fourth-order valence-electron chi connectivity index (χ4n) is 0.688. The standard InChI is InChI=1S/C6H7ClN4O2.C2H6/c1-13-6(12)2-4(8)11-5(9)3(7)10-2;1-2/h1H3,(H4,8,9,11);1-2H3. The molecule has 0 spiro atoms. The Balaban J connectivity index is 0.000000921. The van der Waals surface area contributed by atoms with Crippen molar-refractivity contribution in [1.82, 2.24) is 9.97 Å². The summed E-state index contributed by atoms with van der Waals surface area (Å²) in [7, 11) is 1.20. The Morgan fingerprint density at radius 3 is 2.27 bits per heavy atom. The van der Waals surface area contributed by atoms with Crippen LogP contribution in [0.25, 0.3) is 0 Å².